The van der Waals surface area contributed by atoms with Crippen molar-refractivity contribution in [2.24, 2.45) is 0 Å². The van der Waals surface area contributed by atoms with E-state index in [9.17, 15) is 4.79 Å². The van der Waals surface area contributed by atoms with Gasteiger partial charge in [-0.3, -0.25) is 0 Å². The third kappa shape index (κ3) is 1.72. The smallest absolute Gasteiger partial charge is 0.356 e. The van der Waals surface area contributed by atoms with Crippen LogP contribution in [-0.4, -0.2) is 20.6 Å². The third-order valence-corrected chi connectivity index (χ3v) is 3.25. The minimum Gasteiger partial charge on any atom is -0.476 e. The van der Waals surface area contributed by atoms with Gasteiger partial charge in [0.2, 0.25) is 0 Å². The van der Waals surface area contributed by atoms with Crippen molar-refractivity contribution in [3.63, 3.8) is 0 Å². The minimum atomic E-state index is -0.889. The lowest BCUT2D eigenvalue weighted by molar-refractivity contribution is 0.0688. The second-order valence-corrected chi connectivity index (χ2v) is 4.51. The summed E-state index contributed by atoms with van der Waals surface area (Å²) in [6.45, 7) is 5.11. The molecule has 0 fully saturated rings. The Bertz CT molecular complexity index is 409. The van der Waals surface area contributed by atoms with Crippen LogP contribution in [0.25, 0.3) is 0 Å². The lowest BCUT2D eigenvalue weighted by Crippen LogP contribution is -2.17. The average Bonchev–Trinajstić information content (AvgIpc) is 2.60. The van der Waals surface area contributed by atoms with Gasteiger partial charge in [0.05, 0.1) is 5.69 Å². The molecule has 0 bridgehead atoms. The summed E-state index contributed by atoms with van der Waals surface area (Å²) in [5, 5.41) is 9.16. The van der Waals surface area contributed by atoms with Crippen molar-refractivity contribution in [1.29, 1.82) is 0 Å². The lowest BCUT2D eigenvalue weighted by Gasteiger charge is -2.22. The highest BCUT2D eigenvalue weighted by molar-refractivity contribution is 5.87. The topological polar surface area (TPSA) is 55.1 Å². The van der Waals surface area contributed by atoms with Gasteiger partial charge in [-0.15, -0.1) is 0 Å². The molecule has 1 unspecified atom stereocenters. The van der Waals surface area contributed by atoms with E-state index in [2.05, 4.69) is 23.4 Å². The van der Waals surface area contributed by atoms with Crippen LogP contribution in [0.5, 0.6) is 0 Å². The first-order valence-corrected chi connectivity index (χ1v) is 5.97. The number of nitrogens with zero attached hydrogens (tertiary/aromatic N) is 2. The molecule has 1 aliphatic rings. The number of carboxylic acid groups (broad SMARTS) is 1. The first-order valence-electron chi connectivity index (χ1n) is 5.97. The van der Waals surface area contributed by atoms with E-state index < -0.39 is 5.97 Å². The van der Waals surface area contributed by atoms with Crippen molar-refractivity contribution in [1.82, 2.24) is 9.55 Å². The van der Waals surface area contributed by atoms with Crippen molar-refractivity contribution in [2.45, 2.75) is 52.0 Å². The van der Waals surface area contributed by atoms with Gasteiger partial charge in [-0.2, -0.15) is 0 Å². The van der Waals surface area contributed by atoms with Crippen LogP contribution in [-0.2, 0) is 13.0 Å². The van der Waals surface area contributed by atoms with Gasteiger partial charge in [-0.1, -0.05) is 13.8 Å². The fourth-order valence-corrected chi connectivity index (χ4v) is 2.53. The summed E-state index contributed by atoms with van der Waals surface area (Å²) in [5.74, 6) is 0.374. The molecule has 0 saturated heterocycles. The van der Waals surface area contributed by atoms with E-state index in [1.54, 1.807) is 0 Å². The molecular formula is C12H18N2O2. The zero-order valence-corrected chi connectivity index (χ0v) is 9.86. The van der Waals surface area contributed by atoms with Gasteiger partial charge >= 0.3 is 5.97 Å². The van der Waals surface area contributed by atoms with Crippen molar-refractivity contribution in [2.75, 3.05) is 0 Å². The molecule has 1 aromatic rings. The second kappa shape index (κ2) is 4.28. The molecule has 4 heteroatoms. The first-order chi connectivity index (χ1) is 7.65. The number of fused-ring (bicyclic) bond motifs is 1. The highest BCUT2D eigenvalue weighted by Gasteiger charge is 2.27. The Morgan fingerprint density at radius 3 is 3.00 bits per heavy atom. The predicted octanol–water partition coefficient (Wildman–Crippen LogP) is 2.43. The number of hydrogen-bond acceptors (Lipinski definition) is 2. The Labute approximate surface area is 95.3 Å². The molecule has 0 amide bonds. The third-order valence-electron chi connectivity index (χ3n) is 3.25. The number of aromatic nitrogens is 2. The number of aromatic carboxylic acids is 1. The number of carboxylic acids is 1. The Balaban J connectivity index is 2.51. The van der Waals surface area contributed by atoms with Crippen LogP contribution < -0.4 is 0 Å². The second-order valence-electron chi connectivity index (χ2n) is 4.51. The summed E-state index contributed by atoms with van der Waals surface area (Å²) in [7, 11) is 0. The lowest BCUT2D eigenvalue weighted by atomic mass is 9.96. The molecule has 1 atom stereocenters. The van der Waals surface area contributed by atoms with E-state index in [0.717, 1.165) is 43.7 Å². The predicted molar refractivity (Wildman–Crippen MR) is 60.8 cm³/mol. The Hall–Kier alpha value is -1.32. The summed E-state index contributed by atoms with van der Waals surface area (Å²) >= 11 is 0. The summed E-state index contributed by atoms with van der Waals surface area (Å²) in [4.78, 5) is 15.5. The number of aryl methyl sites for hydroxylation is 1. The van der Waals surface area contributed by atoms with Gasteiger partial charge in [0, 0.05) is 13.0 Å². The molecule has 1 aliphatic heterocycles. The molecule has 1 aromatic heterocycles. The number of rotatable bonds is 3. The Morgan fingerprint density at radius 1 is 1.62 bits per heavy atom. The SMILES string of the molecule is CCCc1nc(C(=O)O)c2n1CCCC2C. The van der Waals surface area contributed by atoms with Crippen LogP contribution in [0.4, 0.5) is 0 Å². The molecule has 0 saturated carbocycles. The zero-order chi connectivity index (χ0) is 11.7. The maximum Gasteiger partial charge on any atom is 0.356 e. The summed E-state index contributed by atoms with van der Waals surface area (Å²) in [6, 6.07) is 0. The molecule has 2 rings (SSSR count). The standard InChI is InChI=1S/C12H18N2O2/c1-3-5-9-13-10(12(15)16)11-8(2)6-4-7-14(9)11/h8H,3-7H2,1-2H3,(H,15,16). The summed E-state index contributed by atoms with van der Waals surface area (Å²) in [5.41, 5.74) is 1.21. The number of imidazole rings is 1. The van der Waals surface area contributed by atoms with Crippen LogP contribution >= 0.6 is 0 Å². The average molecular weight is 222 g/mol. The monoisotopic (exact) mass is 222 g/mol. The van der Waals surface area contributed by atoms with E-state index in [1.165, 1.54) is 0 Å². The molecule has 0 aromatic carbocycles. The van der Waals surface area contributed by atoms with Crippen LogP contribution in [0.15, 0.2) is 0 Å². The first kappa shape index (κ1) is 11.2. The molecule has 4 nitrogen and oxygen atoms in total. The van der Waals surface area contributed by atoms with E-state index >= 15 is 0 Å². The van der Waals surface area contributed by atoms with Crippen LogP contribution in [0.3, 0.4) is 0 Å². The Morgan fingerprint density at radius 2 is 2.38 bits per heavy atom. The van der Waals surface area contributed by atoms with Gasteiger partial charge in [0.25, 0.3) is 0 Å². The maximum absolute atomic E-state index is 11.2. The largest absolute Gasteiger partial charge is 0.476 e. The van der Waals surface area contributed by atoms with Crippen molar-refractivity contribution in [3.8, 4) is 0 Å². The molecule has 0 radical (unpaired) electrons. The molecule has 16 heavy (non-hydrogen) atoms. The van der Waals surface area contributed by atoms with Gasteiger partial charge in [-0.05, 0) is 25.2 Å². The molecule has 1 N–H and O–H groups in total. The fraction of sp³-hybridized carbons (Fsp3) is 0.667. The highest BCUT2D eigenvalue weighted by atomic mass is 16.4. The Kier molecular flexibility index (Phi) is 2.99. The van der Waals surface area contributed by atoms with Crippen molar-refractivity contribution >= 4 is 5.97 Å². The van der Waals surface area contributed by atoms with E-state index in [0.29, 0.717) is 5.92 Å². The zero-order valence-electron chi connectivity index (χ0n) is 9.86. The van der Waals surface area contributed by atoms with Crippen LogP contribution in [0, 0.1) is 0 Å². The van der Waals surface area contributed by atoms with E-state index in [-0.39, 0.29) is 5.69 Å². The molecule has 0 aliphatic carbocycles. The maximum atomic E-state index is 11.2. The van der Waals surface area contributed by atoms with Gasteiger partial charge < -0.3 is 9.67 Å². The van der Waals surface area contributed by atoms with Crippen LogP contribution in [0.2, 0.25) is 0 Å². The van der Waals surface area contributed by atoms with Gasteiger partial charge in [-0.25, -0.2) is 9.78 Å². The highest BCUT2D eigenvalue weighted by Crippen LogP contribution is 2.31. The molecule has 2 heterocycles. The van der Waals surface area contributed by atoms with E-state index in [1.807, 2.05) is 0 Å². The van der Waals surface area contributed by atoms with E-state index in [4.69, 9.17) is 5.11 Å². The quantitative estimate of drug-likeness (QED) is 0.854. The van der Waals surface area contributed by atoms with Gasteiger partial charge in [0.15, 0.2) is 5.69 Å². The summed E-state index contributed by atoms with van der Waals surface area (Å²) in [6.07, 6.45) is 4.06. The number of carbonyl (C=O) groups is 1. The number of hydrogen-bond donors (Lipinski definition) is 1. The van der Waals surface area contributed by atoms with Crippen molar-refractivity contribution < 1.29 is 9.90 Å². The normalized spacial score (nSPS) is 19.5. The van der Waals surface area contributed by atoms with Gasteiger partial charge in [0.1, 0.15) is 5.82 Å². The minimum absolute atomic E-state index is 0.274. The molecular weight excluding hydrogens is 204 g/mol. The van der Waals surface area contributed by atoms with Crippen molar-refractivity contribution in [3.05, 3.63) is 17.2 Å². The summed E-state index contributed by atoms with van der Waals surface area (Å²) < 4.78 is 2.13. The fourth-order valence-electron chi connectivity index (χ4n) is 2.53. The molecule has 0 spiro atoms. The molecule has 88 valence electrons. The van der Waals surface area contributed by atoms with Crippen LogP contribution in [0.1, 0.15) is 61.0 Å².